The Balaban J connectivity index is 1.69. The van der Waals surface area contributed by atoms with Gasteiger partial charge in [0.25, 0.3) is 17.7 Å². The van der Waals surface area contributed by atoms with E-state index in [-0.39, 0.29) is 17.0 Å². The van der Waals surface area contributed by atoms with Gasteiger partial charge in [-0.2, -0.15) is 0 Å². The quantitative estimate of drug-likeness (QED) is 0.477. The summed E-state index contributed by atoms with van der Waals surface area (Å²) in [6.07, 6.45) is 1.80. The zero-order chi connectivity index (χ0) is 22.0. The fourth-order valence-corrected chi connectivity index (χ4v) is 3.87. The number of halogens is 1. The van der Waals surface area contributed by atoms with Crippen LogP contribution in [0.5, 0.6) is 0 Å². The van der Waals surface area contributed by atoms with Crippen LogP contribution in [0.3, 0.4) is 0 Å². The Kier molecular flexibility index (Phi) is 5.87. The van der Waals surface area contributed by atoms with Crippen LogP contribution in [0.4, 0.5) is 11.4 Å². The van der Waals surface area contributed by atoms with Crippen molar-refractivity contribution in [2.45, 2.75) is 19.8 Å². The van der Waals surface area contributed by atoms with Crippen molar-refractivity contribution in [3.63, 3.8) is 0 Å². The molecule has 3 aromatic carbocycles. The lowest BCUT2D eigenvalue weighted by Gasteiger charge is -2.23. The van der Waals surface area contributed by atoms with Crippen molar-refractivity contribution in [1.82, 2.24) is 0 Å². The van der Waals surface area contributed by atoms with E-state index < -0.39 is 11.8 Å². The third kappa shape index (κ3) is 3.84. The second kappa shape index (κ2) is 8.74. The summed E-state index contributed by atoms with van der Waals surface area (Å²) in [6, 6.07) is 20.8. The molecule has 0 N–H and O–H groups in total. The fraction of sp³-hybridized carbons (Fsp3) is 0.160. The lowest BCUT2D eigenvalue weighted by atomic mass is 10.0. The first-order valence-electron chi connectivity index (χ1n) is 10.2. The minimum absolute atomic E-state index is 0.208. The highest BCUT2D eigenvalue weighted by Gasteiger charge is 2.38. The summed E-state index contributed by atoms with van der Waals surface area (Å²) in [7, 11) is 0. The van der Waals surface area contributed by atoms with Crippen molar-refractivity contribution in [2.24, 2.45) is 0 Å². The number of benzene rings is 3. The van der Waals surface area contributed by atoms with Crippen LogP contribution in [-0.4, -0.2) is 24.3 Å². The fourth-order valence-electron chi connectivity index (χ4n) is 3.65. The molecule has 3 amide bonds. The second-order valence-corrected chi connectivity index (χ2v) is 7.71. The molecule has 6 heteroatoms. The van der Waals surface area contributed by atoms with Gasteiger partial charge in [-0.05, 0) is 48.9 Å². The van der Waals surface area contributed by atoms with Crippen LogP contribution in [0, 0.1) is 0 Å². The molecule has 4 rings (SSSR count). The number of nitrogens with zero attached hydrogens (tertiary/aromatic N) is 2. The number of rotatable bonds is 6. The van der Waals surface area contributed by atoms with Gasteiger partial charge in [-0.15, -0.1) is 0 Å². The van der Waals surface area contributed by atoms with Crippen LogP contribution in [0.15, 0.2) is 72.8 Å². The number of anilines is 2. The predicted octanol–water partition coefficient (Wildman–Crippen LogP) is 5.59. The van der Waals surface area contributed by atoms with Gasteiger partial charge in [-0.1, -0.05) is 55.3 Å². The van der Waals surface area contributed by atoms with Crippen molar-refractivity contribution in [3.8, 4) is 0 Å². The topological polar surface area (TPSA) is 57.7 Å². The maximum atomic E-state index is 13.3. The van der Waals surface area contributed by atoms with Gasteiger partial charge in [0.05, 0.1) is 21.8 Å². The van der Waals surface area contributed by atoms with E-state index in [1.54, 1.807) is 41.3 Å². The number of unbranched alkanes of at least 4 members (excludes halogenated alkanes) is 1. The van der Waals surface area contributed by atoms with Gasteiger partial charge in [-0.25, -0.2) is 4.90 Å². The first kappa shape index (κ1) is 20.8. The summed E-state index contributed by atoms with van der Waals surface area (Å²) in [5, 5.41) is 0.308. The number of hydrogen-bond acceptors (Lipinski definition) is 3. The predicted molar refractivity (Wildman–Crippen MR) is 122 cm³/mol. The number of imide groups is 1. The van der Waals surface area contributed by atoms with Gasteiger partial charge >= 0.3 is 0 Å². The minimum atomic E-state index is -0.484. The van der Waals surface area contributed by atoms with E-state index in [9.17, 15) is 14.4 Å². The number of carbonyl (C=O) groups is 3. The van der Waals surface area contributed by atoms with Crippen LogP contribution in [0.25, 0.3) is 0 Å². The Hall–Kier alpha value is -3.44. The average molecular weight is 433 g/mol. The molecule has 0 unspecified atom stereocenters. The zero-order valence-corrected chi connectivity index (χ0v) is 17.8. The summed E-state index contributed by atoms with van der Waals surface area (Å²) in [5.41, 5.74) is 1.96. The van der Waals surface area contributed by atoms with E-state index in [2.05, 4.69) is 6.92 Å². The Morgan fingerprint density at radius 2 is 1.58 bits per heavy atom. The molecule has 0 saturated carbocycles. The first-order valence-corrected chi connectivity index (χ1v) is 10.5. The van der Waals surface area contributed by atoms with Gasteiger partial charge in [0.1, 0.15) is 0 Å². The van der Waals surface area contributed by atoms with Crippen LogP contribution < -0.4 is 9.80 Å². The Morgan fingerprint density at radius 1 is 0.903 bits per heavy atom. The van der Waals surface area contributed by atoms with Crippen LogP contribution in [0.2, 0.25) is 5.02 Å². The Bertz CT molecular complexity index is 1160. The van der Waals surface area contributed by atoms with Crippen molar-refractivity contribution in [1.29, 1.82) is 0 Å². The molecule has 0 aliphatic carbocycles. The normalized spacial score (nSPS) is 12.8. The van der Waals surface area contributed by atoms with E-state index in [0.29, 0.717) is 22.8 Å². The third-order valence-electron chi connectivity index (χ3n) is 5.28. The number of amides is 3. The van der Waals surface area contributed by atoms with Crippen molar-refractivity contribution < 1.29 is 14.4 Å². The van der Waals surface area contributed by atoms with Crippen LogP contribution in [-0.2, 0) is 0 Å². The molecule has 0 bridgehead atoms. The SMILES string of the molecule is CCCCN(C(=O)c1ccc2c(c1)C(=O)N(c1ccccc1Cl)C2=O)c1ccccc1. The number of carbonyl (C=O) groups excluding carboxylic acids is 3. The first-order chi connectivity index (χ1) is 15.0. The third-order valence-corrected chi connectivity index (χ3v) is 5.59. The molecule has 156 valence electrons. The molecule has 1 aliphatic rings. The molecule has 0 radical (unpaired) electrons. The summed E-state index contributed by atoms with van der Waals surface area (Å²) >= 11 is 6.21. The highest BCUT2D eigenvalue weighted by molar-refractivity contribution is 6.40. The molecule has 0 spiro atoms. The van der Waals surface area contributed by atoms with Gasteiger partial charge in [0.15, 0.2) is 0 Å². The summed E-state index contributed by atoms with van der Waals surface area (Å²) < 4.78 is 0. The van der Waals surface area contributed by atoms with E-state index >= 15 is 0 Å². The van der Waals surface area contributed by atoms with Gasteiger partial charge in [0, 0.05) is 17.8 Å². The smallest absolute Gasteiger partial charge is 0.266 e. The van der Waals surface area contributed by atoms with Crippen molar-refractivity contribution >= 4 is 40.7 Å². The lowest BCUT2D eigenvalue weighted by Crippen LogP contribution is -2.32. The van der Waals surface area contributed by atoms with E-state index in [0.717, 1.165) is 23.4 Å². The molecule has 0 fully saturated rings. The van der Waals surface area contributed by atoms with E-state index in [4.69, 9.17) is 11.6 Å². The van der Waals surface area contributed by atoms with E-state index in [1.807, 2.05) is 30.3 Å². The Morgan fingerprint density at radius 3 is 2.29 bits per heavy atom. The zero-order valence-electron chi connectivity index (χ0n) is 17.0. The average Bonchev–Trinajstić information content (AvgIpc) is 3.04. The molecular formula is C25H21ClN2O3. The molecule has 31 heavy (non-hydrogen) atoms. The number of para-hydroxylation sites is 2. The summed E-state index contributed by atoms with van der Waals surface area (Å²) in [5.74, 6) is -1.14. The van der Waals surface area contributed by atoms with Crippen molar-refractivity contribution in [2.75, 3.05) is 16.3 Å². The van der Waals surface area contributed by atoms with Crippen molar-refractivity contribution in [3.05, 3.63) is 94.5 Å². The molecule has 5 nitrogen and oxygen atoms in total. The molecule has 0 saturated heterocycles. The monoisotopic (exact) mass is 432 g/mol. The van der Waals surface area contributed by atoms with Gasteiger partial charge < -0.3 is 4.90 Å². The maximum Gasteiger partial charge on any atom is 0.266 e. The van der Waals surface area contributed by atoms with Crippen LogP contribution in [0.1, 0.15) is 50.8 Å². The Labute approximate surface area is 185 Å². The lowest BCUT2D eigenvalue weighted by molar-refractivity contribution is 0.0925. The summed E-state index contributed by atoms with van der Waals surface area (Å²) in [4.78, 5) is 42.1. The number of fused-ring (bicyclic) bond motifs is 1. The van der Waals surface area contributed by atoms with E-state index in [1.165, 1.54) is 6.07 Å². The highest BCUT2D eigenvalue weighted by atomic mass is 35.5. The summed E-state index contributed by atoms with van der Waals surface area (Å²) in [6.45, 7) is 2.63. The minimum Gasteiger partial charge on any atom is -0.308 e. The molecule has 3 aromatic rings. The second-order valence-electron chi connectivity index (χ2n) is 7.30. The molecular weight excluding hydrogens is 412 g/mol. The maximum absolute atomic E-state index is 13.3. The molecule has 1 heterocycles. The van der Waals surface area contributed by atoms with Crippen LogP contribution >= 0.6 is 11.6 Å². The standard InChI is InChI=1S/C25H21ClN2O3/c1-2-3-15-27(18-9-5-4-6-10-18)23(29)17-13-14-19-20(16-17)25(31)28(24(19)30)22-12-8-7-11-21(22)26/h4-14,16H,2-3,15H2,1H3. The molecule has 0 aromatic heterocycles. The number of hydrogen-bond donors (Lipinski definition) is 0. The molecule has 1 aliphatic heterocycles. The molecule has 0 atom stereocenters. The largest absolute Gasteiger partial charge is 0.308 e. The van der Waals surface area contributed by atoms with Gasteiger partial charge in [-0.3, -0.25) is 14.4 Å². The van der Waals surface area contributed by atoms with Gasteiger partial charge in [0.2, 0.25) is 0 Å². The highest BCUT2D eigenvalue weighted by Crippen LogP contribution is 2.33.